The molecule has 0 aliphatic carbocycles. The molecule has 0 spiro atoms. The summed E-state index contributed by atoms with van der Waals surface area (Å²) in [5.41, 5.74) is 10.2. The van der Waals surface area contributed by atoms with Crippen LogP contribution in [0, 0.1) is 18.1 Å². The van der Waals surface area contributed by atoms with Crippen molar-refractivity contribution in [2.24, 2.45) is 5.92 Å². The maximum atomic E-state index is 6.19. The first-order chi connectivity index (χ1) is 23.5. The fourth-order valence-corrected chi connectivity index (χ4v) is 7.81. The zero-order chi connectivity index (χ0) is 34.7. The van der Waals surface area contributed by atoms with Crippen LogP contribution in [0.3, 0.4) is 0 Å². The third-order valence-corrected chi connectivity index (χ3v) is 11.3. The van der Waals surface area contributed by atoms with E-state index in [4.69, 9.17) is 4.42 Å². The fraction of sp³-hybridized carbons (Fsp3) is 0.250. The molecule has 0 amide bonds. The topological polar surface area (TPSA) is 51.8 Å². The van der Waals surface area contributed by atoms with Crippen LogP contribution in [-0.2, 0) is 20.1 Å². The first-order valence-electron chi connectivity index (χ1n) is 17.2. The molecule has 4 heterocycles. The Hall–Kier alpha value is -4.22. The predicted octanol–water partition coefficient (Wildman–Crippen LogP) is 11.5. The molecule has 0 saturated heterocycles. The van der Waals surface area contributed by atoms with Crippen molar-refractivity contribution in [3.63, 3.8) is 0 Å². The summed E-state index contributed by atoms with van der Waals surface area (Å²) >= 11 is 0. The second-order valence-electron chi connectivity index (χ2n) is 14.5. The van der Waals surface area contributed by atoms with Crippen LogP contribution < -0.4 is 5.19 Å². The number of fused-ring (bicyclic) bond motifs is 3. The molecule has 50 heavy (non-hydrogen) atoms. The molecule has 1 atom stereocenters. The minimum absolute atomic E-state index is 0. The molecule has 7 aromatic rings. The van der Waals surface area contributed by atoms with Gasteiger partial charge in [0.1, 0.15) is 0 Å². The summed E-state index contributed by atoms with van der Waals surface area (Å²) in [5, 5.41) is 3.52. The van der Waals surface area contributed by atoms with Gasteiger partial charge in [-0.25, -0.2) is 4.98 Å². The molecule has 257 valence electrons. The molecule has 0 N–H and O–H groups in total. The van der Waals surface area contributed by atoms with E-state index in [0.717, 1.165) is 50.0 Å². The molecule has 1 unspecified atom stereocenters. The Morgan fingerprint density at radius 1 is 0.680 bits per heavy atom. The van der Waals surface area contributed by atoms with Crippen molar-refractivity contribution in [3.8, 4) is 33.6 Å². The molecular formula is C44H45IrN3OSi-2. The van der Waals surface area contributed by atoms with Crippen molar-refractivity contribution in [3.05, 3.63) is 133 Å². The quantitative estimate of drug-likeness (QED) is 0.118. The van der Waals surface area contributed by atoms with Crippen LogP contribution in [0.5, 0.6) is 0 Å². The molecule has 6 heteroatoms. The van der Waals surface area contributed by atoms with Crippen LogP contribution in [0.25, 0.3) is 55.7 Å². The number of furan rings is 1. The zero-order valence-corrected chi connectivity index (χ0v) is 33.6. The number of aromatic nitrogens is 3. The van der Waals surface area contributed by atoms with Crippen LogP contribution in [0.1, 0.15) is 57.6 Å². The summed E-state index contributed by atoms with van der Waals surface area (Å²) < 4.78 is 6.19. The van der Waals surface area contributed by atoms with Crippen LogP contribution in [0.15, 0.2) is 114 Å². The maximum absolute atomic E-state index is 6.19. The molecule has 4 aromatic heterocycles. The third kappa shape index (κ3) is 8.05. The average Bonchev–Trinajstić information content (AvgIpc) is 3.50. The Labute approximate surface area is 311 Å². The van der Waals surface area contributed by atoms with Gasteiger partial charge in [-0.3, -0.25) is 0 Å². The maximum Gasteiger partial charge on any atom is 0.216 e. The summed E-state index contributed by atoms with van der Waals surface area (Å²) in [6.45, 7) is 18.4. The van der Waals surface area contributed by atoms with Gasteiger partial charge >= 0.3 is 0 Å². The van der Waals surface area contributed by atoms with Gasteiger partial charge in [0.05, 0.1) is 13.7 Å². The SMILES string of the molecule is CC(C)C(C)c1ccnc(-c2[c-]ccc3c2oc2ncc(-c4ccccc4)cc23)c1.CC(C)c1cc(-c2[c-]cccc2)ncc1[Si](C)(C)C.[Ir]. The molecule has 4 nitrogen and oxygen atoms in total. The number of benzene rings is 3. The molecule has 0 fully saturated rings. The van der Waals surface area contributed by atoms with Crippen molar-refractivity contribution in [1.82, 2.24) is 15.0 Å². The van der Waals surface area contributed by atoms with E-state index in [-0.39, 0.29) is 20.1 Å². The van der Waals surface area contributed by atoms with E-state index < -0.39 is 8.07 Å². The van der Waals surface area contributed by atoms with Crippen molar-refractivity contribution < 1.29 is 24.5 Å². The number of pyridine rings is 3. The van der Waals surface area contributed by atoms with Gasteiger partial charge in [0.15, 0.2) is 0 Å². The van der Waals surface area contributed by atoms with E-state index in [1.165, 1.54) is 16.3 Å². The number of hydrogen-bond donors (Lipinski definition) is 0. The third-order valence-electron chi connectivity index (χ3n) is 9.31. The Kier molecular flexibility index (Phi) is 11.7. The normalized spacial score (nSPS) is 12.1. The first-order valence-corrected chi connectivity index (χ1v) is 20.7. The van der Waals surface area contributed by atoms with Crippen LogP contribution in [-0.4, -0.2) is 23.0 Å². The molecule has 0 saturated carbocycles. The molecular weight excluding hydrogens is 807 g/mol. The van der Waals surface area contributed by atoms with E-state index in [2.05, 4.69) is 130 Å². The van der Waals surface area contributed by atoms with Gasteiger partial charge in [-0.1, -0.05) is 119 Å². The number of nitrogens with zero attached hydrogens (tertiary/aromatic N) is 3. The Morgan fingerprint density at radius 3 is 2.12 bits per heavy atom. The number of hydrogen-bond acceptors (Lipinski definition) is 4. The van der Waals surface area contributed by atoms with Crippen LogP contribution >= 0.6 is 0 Å². The van der Waals surface area contributed by atoms with Crippen molar-refractivity contribution in [2.45, 2.75) is 66.1 Å². The van der Waals surface area contributed by atoms with E-state index >= 15 is 0 Å². The van der Waals surface area contributed by atoms with E-state index in [1.807, 2.05) is 60.9 Å². The Balaban J connectivity index is 0.000000211. The van der Waals surface area contributed by atoms with Gasteiger partial charge in [0, 0.05) is 49.6 Å². The smallest absolute Gasteiger partial charge is 0.216 e. The molecule has 0 bridgehead atoms. The molecule has 0 aliphatic heterocycles. The summed E-state index contributed by atoms with van der Waals surface area (Å²) in [6.07, 6.45) is 5.84. The largest absolute Gasteiger partial charge is 0.486 e. The minimum Gasteiger partial charge on any atom is -0.486 e. The summed E-state index contributed by atoms with van der Waals surface area (Å²) in [7, 11) is -1.34. The van der Waals surface area contributed by atoms with Gasteiger partial charge in [0.2, 0.25) is 5.71 Å². The van der Waals surface area contributed by atoms with E-state index in [9.17, 15) is 0 Å². The predicted molar refractivity (Wildman–Crippen MR) is 208 cm³/mol. The monoisotopic (exact) mass is 852 g/mol. The summed E-state index contributed by atoms with van der Waals surface area (Å²) in [4.78, 5) is 13.9. The van der Waals surface area contributed by atoms with Crippen molar-refractivity contribution in [1.29, 1.82) is 0 Å². The first kappa shape index (κ1) is 37.0. The Bertz CT molecular complexity index is 2190. The molecule has 0 aliphatic rings. The van der Waals surface area contributed by atoms with Crippen molar-refractivity contribution >= 4 is 35.3 Å². The fourth-order valence-electron chi connectivity index (χ4n) is 6.13. The average molecular weight is 852 g/mol. The number of rotatable bonds is 7. The van der Waals surface area contributed by atoms with E-state index in [1.54, 1.807) is 0 Å². The van der Waals surface area contributed by atoms with Crippen LogP contribution in [0.4, 0.5) is 0 Å². The molecule has 1 radical (unpaired) electrons. The minimum atomic E-state index is -1.34. The summed E-state index contributed by atoms with van der Waals surface area (Å²) in [6, 6.07) is 37.6. The molecule has 7 rings (SSSR count). The Morgan fingerprint density at radius 2 is 1.44 bits per heavy atom. The zero-order valence-electron chi connectivity index (χ0n) is 30.2. The van der Waals surface area contributed by atoms with Crippen LogP contribution in [0.2, 0.25) is 19.6 Å². The van der Waals surface area contributed by atoms with Crippen molar-refractivity contribution in [2.75, 3.05) is 0 Å². The van der Waals surface area contributed by atoms with Gasteiger partial charge in [-0.2, -0.15) is 0 Å². The second kappa shape index (κ2) is 15.8. The van der Waals surface area contributed by atoms with Gasteiger partial charge < -0.3 is 14.4 Å². The summed E-state index contributed by atoms with van der Waals surface area (Å²) in [5.74, 6) is 1.55. The second-order valence-corrected chi connectivity index (χ2v) is 19.5. The van der Waals surface area contributed by atoms with E-state index in [0.29, 0.717) is 23.5 Å². The standard InChI is InChI=1S/C27H23N2O.C17H22NSi.Ir/c1-17(2)18(3)20-12-13-28-25(15-20)23-11-7-10-22-24-14-21(19-8-5-4-6-9-19)16-29-27(24)30-26(22)23;1-13(2)15-11-16(14-9-7-6-8-10-14)18-12-17(15)19(3,4)5;/h4-10,12-18H,1-3H3;6-9,11-13H,1-5H3;/q2*-1;. The van der Waals surface area contributed by atoms with Gasteiger partial charge in [-0.05, 0) is 52.0 Å². The van der Waals surface area contributed by atoms with Gasteiger partial charge in [-0.15, -0.1) is 54.1 Å². The van der Waals surface area contributed by atoms with Gasteiger partial charge in [0.25, 0.3) is 0 Å². The molecule has 3 aromatic carbocycles.